The molecule has 1 N–H and O–H groups in total. The molecule has 1 fully saturated rings. The minimum atomic E-state index is -4.17. The van der Waals surface area contributed by atoms with Gasteiger partial charge in [-0.05, 0) is 31.4 Å². The Hall–Kier alpha value is -1.99. The zero-order valence-corrected chi connectivity index (χ0v) is 12.9. The molecular formula is C15H19F3N2O3. The number of anilines is 1. The fraction of sp³-hybridized carbons (Fsp3) is 0.600. The first-order valence-corrected chi connectivity index (χ1v) is 7.31. The highest BCUT2D eigenvalue weighted by atomic mass is 19.4. The van der Waals surface area contributed by atoms with E-state index in [1.165, 1.54) is 26.4 Å². The smallest absolute Gasteiger partial charge is 0.391 e. The normalized spacial score (nSPS) is 21.6. The Balaban J connectivity index is 2.09. The largest absolute Gasteiger partial charge is 0.480 e. The van der Waals surface area contributed by atoms with E-state index in [2.05, 4.69) is 15.0 Å². The monoisotopic (exact) mass is 332 g/mol. The Labute approximate surface area is 132 Å². The number of hydrogen-bond donors (Lipinski definition) is 1. The second-order valence-electron chi connectivity index (χ2n) is 5.49. The molecule has 1 heterocycles. The van der Waals surface area contributed by atoms with Crippen molar-refractivity contribution in [3.63, 3.8) is 0 Å². The topological polar surface area (TPSA) is 60.5 Å². The first kappa shape index (κ1) is 17.4. The molecule has 2 atom stereocenters. The lowest BCUT2D eigenvalue weighted by Crippen LogP contribution is -2.34. The number of pyridine rings is 1. The van der Waals surface area contributed by atoms with Crippen molar-refractivity contribution >= 4 is 11.8 Å². The molecular weight excluding hydrogens is 313 g/mol. The van der Waals surface area contributed by atoms with Gasteiger partial charge in [0.25, 0.3) is 0 Å². The van der Waals surface area contributed by atoms with Gasteiger partial charge in [-0.2, -0.15) is 18.2 Å². The molecule has 1 saturated carbocycles. The van der Waals surface area contributed by atoms with Crippen molar-refractivity contribution in [2.45, 2.75) is 37.9 Å². The van der Waals surface area contributed by atoms with Crippen LogP contribution in [-0.4, -0.2) is 37.4 Å². The summed E-state index contributed by atoms with van der Waals surface area (Å²) in [5.74, 6) is -1.42. The predicted octanol–water partition coefficient (Wildman–Crippen LogP) is 3.41. The number of methoxy groups -OCH3 is 2. The van der Waals surface area contributed by atoms with Crippen LogP contribution < -0.4 is 10.1 Å². The van der Waals surface area contributed by atoms with Crippen LogP contribution in [0.15, 0.2) is 12.1 Å². The summed E-state index contributed by atoms with van der Waals surface area (Å²) in [6.45, 7) is 0. The maximum atomic E-state index is 12.8. The van der Waals surface area contributed by atoms with Gasteiger partial charge in [0.1, 0.15) is 11.4 Å². The Morgan fingerprint density at radius 2 is 2.04 bits per heavy atom. The number of nitrogens with zero attached hydrogens (tertiary/aromatic N) is 1. The van der Waals surface area contributed by atoms with Gasteiger partial charge in [-0.25, -0.2) is 4.79 Å². The molecule has 0 amide bonds. The molecule has 2 rings (SSSR count). The third kappa shape index (κ3) is 4.27. The van der Waals surface area contributed by atoms with E-state index < -0.39 is 18.1 Å². The van der Waals surface area contributed by atoms with Gasteiger partial charge in [0.15, 0.2) is 0 Å². The number of aromatic nitrogens is 1. The Bertz CT molecular complexity index is 563. The maximum absolute atomic E-state index is 12.8. The molecule has 0 saturated heterocycles. The predicted molar refractivity (Wildman–Crippen MR) is 77.6 cm³/mol. The molecule has 1 aromatic rings. The Morgan fingerprint density at radius 3 is 2.65 bits per heavy atom. The number of hydrogen-bond acceptors (Lipinski definition) is 5. The first-order valence-electron chi connectivity index (χ1n) is 7.31. The fourth-order valence-corrected chi connectivity index (χ4v) is 2.77. The summed E-state index contributed by atoms with van der Waals surface area (Å²) in [5, 5.41) is 3.00. The summed E-state index contributed by atoms with van der Waals surface area (Å²) in [6.07, 6.45) is -2.82. The summed E-state index contributed by atoms with van der Waals surface area (Å²) < 4.78 is 48.2. The number of carbonyl (C=O) groups is 1. The van der Waals surface area contributed by atoms with Crippen molar-refractivity contribution in [3.8, 4) is 5.88 Å². The van der Waals surface area contributed by atoms with Crippen molar-refractivity contribution in [2.24, 2.45) is 5.92 Å². The molecule has 2 unspecified atom stereocenters. The molecule has 0 radical (unpaired) electrons. The van der Waals surface area contributed by atoms with E-state index in [-0.39, 0.29) is 30.3 Å². The van der Waals surface area contributed by atoms with Crippen LogP contribution in [0, 0.1) is 5.92 Å². The zero-order chi connectivity index (χ0) is 17.0. The van der Waals surface area contributed by atoms with Crippen LogP contribution in [0.2, 0.25) is 0 Å². The number of nitrogens with one attached hydrogen (secondary N) is 1. The lowest BCUT2D eigenvalue weighted by atomic mass is 9.85. The number of rotatable bonds is 4. The summed E-state index contributed by atoms with van der Waals surface area (Å²) in [7, 11) is 2.60. The van der Waals surface area contributed by atoms with Crippen LogP contribution in [0.1, 0.15) is 36.0 Å². The Morgan fingerprint density at radius 1 is 1.30 bits per heavy atom. The summed E-state index contributed by atoms with van der Waals surface area (Å²) >= 11 is 0. The van der Waals surface area contributed by atoms with Gasteiger partial charge < -0.3 is 14.8 Å². The number of halogens is 3. The van der Waals surface area contributed by atoms with Gasteiger partial charge in [0, 0.05) is 6.04 Å². The zero-order valence-electron chi connectivity index (χ0n) is 12.9. The average Bonchev–Trinajstić information content (AvgIpc) is 2.53. The molecule has 8 heteroatoms. The highest BCUT2D eigenvalue weighted by Crippen LogP contribution is 2.38. The van der Waals surface area contributed by atoms with Gasteiger partial charge in [-0.3, -0.25) is 0 Å². The molecule has 5 nitrogen and oxygen atoms in total. The van der Waals surface area contributed by atoms with E-state index in [0.717, 1.165) is 0 Å². The van der Waals surface area contributed by atoms with Gasteiger partial charge in [-0.15, -0.1) is 0 Å². The molecule has 0 aromatic carbocycles. The van der Waals surface area contributed by atoms with Crippen LogP contribution in [0.3, 0.4) is 0 Å². The van der Waals surface area contributed by atoms with Gasteiger partial charge in [-0.1, -0.05) is 6.42 Å². The van der Waals surface area contributed by atoms with Crippen LogP contribution in [0.5, 0.6) is 5.88 Å². The molecule has 0 bridgehead atoms. The fourth-order valence-electron chi connectivity index (χ4n) is 2.77. The molecule has 1 aliphatic rings. The van der Waals surface area contributed by atoms with Crippen molar-refractivity contribution in [3.05, 3.63) is 17.7 Å². The van der Waals surface area contributed by atoms with E-state index in [4.69, 9.17) is 4.74 Å². The first-order chi connectivity index (χ1) is 10.8. The average molecular weight is 332 g/mol. The minimum Gasteiger partial charge on any atom is -0.480 e. The molecule has 1 aromatic heterocycles. The lowest BCUT2D eigenvalue weighted by molar-refractivity contribution is -0.182. The van der Waals surface area contributed by atoms with Gasteiger partial charge in [0.2, 0.25) is 5.88 Å². The number of ether oxygens (including phenoxy) is 2. The summed E-state index contributed by atoms with van der Waals surface area (Å²) in [5.41, 5.74) is 0.164. The van der Waals surface area contributed by atoms with Gasteiger partial charge in [0.05, 0.1) is 20.1 Å². The maximum Gasteiger partial charge on any atom is 0.391 e. The third-order valence-electron chi connectivity index (χ3n) is 3.95. The quantitative estimate of drug-likeness (QED) is 0.856. The van der Waals surface area contributed by atoms with Crippen molar-refractivity contribution in [1.29, 1.82) is 0 Å². The van der Waals surface area contributed by atoms with E-state index in [1.807, 2.05) is 0 Å². The van der Waals surface area contributed by atoms with Crippen LogP contribution in [0.25, 0.3) is 0 Å². The highest BCUT2D eigenvalue weighted by Gasteiger charge is 2.42. The van der Waals surface area contributed by atoms with E-state index >= 15 is 0 Å². The molecule has 0 aliphatic heterocycles. The second kappa shape index (κ2) is 7.06. The molecule has 1 aliphatic carbocycles. The molecule has 23 heavy (non-hydrogen) atoms. The number of esters is 1. The van der Waals surface area contributed by atoms with Crippen LogP contribution >= 0.6 is 0 Å². The SMILES string of the molecule is COC(=O)c1ccc(NC2CCCC(C(F)(F)F)C2)nc1OC. The highest BCUT2D eigenvalue weighted by molar-refractivity contribution is 5.92. The molecule has 128 valence electrons. The van der Waals surface area contributed by atoms with Crippen molar-refractivity contribution < 1.29 is 27.4 Å². The standard InChI is InChI=1S/C15H19F3N2O3/c1-22-13-11(14(21)23-2)6-7-12(20-13)19-10-5-3-4-9(8-10)15(16,17)18/h6-7,9-10H,3-5,8H2,1-2H3,(H,19,20). The second-order valence-corrected chi connectivity index (χ2v) is 5.49. The van der Waals surface area contributed by atoms with Crippen LogP contribution in [-0.2, 0) is 4.74 Å². The molecule has 0 spiro atoms. The summed E-state index contributed by atoms with van der Waals surface area (Å²) in [4.78, 5) is 15.7. The Kier molecular flexibility index (Phi) is 5.33. The lowest BCUT2D eigenvalue weighted by Gasteiger charge is -2.31. The minimum absolute atomic E-state index is 0.0201. The van der Waals surface area contributed by atoms with Crippen molar-refractivity contribution in [2.75, 3.05) is 19.5 Å². The van der Waals surface area contributed by atoms with E-state index in [1.54, 1.807) is 0 Å². The number of alkyl halides is 3. The van der Waals surface area contributed by atoms with Crippen molar-refractivity contribution in [1.82, 2.24) is 4.98 Å². The third-order valence-corrected chi connectivity index (χ3v) is 3.95. The van der Waals surface area contributed by atoms with Crippen LogP contribution in [0.4, 0.5) is 19.0 Å². The number of carbonyl (C=O) groups excluding carboxylic acids is 1. The van der Waals surface area contributed by atoms with Gasteiger partial charge >= 0.3 is 12.1 Å². The summed E-state index contributed by atoms with van der Waals surface area (Å²) in [6, 6.07) is 2.70. The van der Waals surface area contributed by atoms with E-state index in [0.29, 0.717) is 18.7 Å². The van der Waals surface area contributed by atoms with E-state index in [9.17, 15) is 18.0 Å².